The number of nitrogens with two attached hydrogens (primary N) is 1. The number of amides is 1. The summed E-state index contributed by atoms with van der Waals surface area (Å²) < 4.78 is 0. The molecule has 0 heterocycles. The minimum absolute atomic E-state index is 0.0564. The van der Waals surface area contributed by atoms with Crippen LogP contribution < -0.4 is 11.1 Å². The van der Waals surface area contributed by atoms with Crippen molar-refractivity contribution in [3.05, 3.63) is 28.8 Å². The van der Waals surface area contributed by atoms with Crippen LogP contribution in [0.5, 0.6) is 0 Å². The fraction of sp³-hybridized carbons (Fsp3) is 0.467. The third kappa shape index (κ3) is 3.88. The Kier molecular flexibility index (Phi) is 4.73. The van der Waals surface area contributed by atoms with E-state index in [0.29, 0.717) is 16.3 Å². The standard InChI is InChI=1S/C15H19ClN2O3/c16-11-8-10(14(17)21)4-5-12(11)18-15(9-13(19)20)6-2-1-3-7-15/h4-5,8,18H,1-3,6-7,9H2,(H2,17,21)(H,19,20). The summed E-state index contributed by atoms with van der Waals surface area (Å²) in [6.45, 7) is 0. The Hall–Kier alpha value is -1.75. The third-order valence-corrected chi connectivity index (χ3v) is 4.27. The molecular weight excluding hydrogens is 292 g/mol. The number of carbonyl (C=O) groups excluding carboxylic acids is 1. The van der Waals surface area contributed by atoms with E-state index in [0.717, 1.165) is 32.1 Å². The highest BCUT2D eigenvalue weighted by Gasteiger charge is 2.34. The molecule has 1 aromatic carbocycles. The zero-order valence-corrected chi connectivity index (χ0v) is 12.4. The maximum atomic E-state index is 11.2. The van der Waals surface area contributed by atoms with Gasteiger partial charge in [0.2, 0.25) is 5.91 Å². The van der Waals surface area contributed by atoms with Crippen molar-refractivity contribution in [1.82, 2.24) is 0 Å². The average Bonchev–Trinajstić information content (AvgIpc) is 2.41. The predicted octanol–water partition coefficient (Wildman–Crippen LogP) is 3.03. The number of carboxylic acid groups (broad SMARTS) is 1. The number of rotatable bonds is 5. The van der Waals surface area contributed by atoms with Crippen molar-refractivity contribution in [1.29, 1.82) is 0 Å². The maximum absolute atomic E-state index is 11.2. The van der Waals surface area contributed by atoms with Gasteiger partial charge in [-0.15, -0.1) is 0 Å². The molecule has 0 aliphatic heterocycles. The smallest absolute Gasteiger partial charge is 0.305 e. The van der Waals surface area contributed by atoms with Crippen LogP contribution in [0.25, 0.3) is 0 Å². The van der Waals surface area contributed by atoms with E-state index in [2.05, 4.69) is 5.32 Å². The van der Waals surface area contributed by atoms with Crippen molar-refractivity contribution < 1.29 is 14.7 Å². The van der Waals surface area contributed by atoms with Crippen LogP contribution >= 0.6 is 11.6 Å². The zero-order valence-electron chi connectivity index (χ0n) is 11.7. The first-order valence-electron chi connectivity index (χ1n) is 7.01. The molecule has 114 valence electrons. The highest BCUT2D eigenvalue weighted by molar-refractivity contribution is 6.33. The lowest BCUT2D eigenvalue weighted by atomic mass is 9.79. The highest BCUT2D eigenvalue weighted by atomic mass is 35.5. The maximum Gasteiger partial charge on any atom is 0.305 e. The number of primary amides is 1. The lowest BCUT2D eigenvalue weighted by molar-refractivity contribution is -0.138. The van der Waals surface area contributed by atoms with Crippen LogP contribution in [0.2, 0.25) is 5.02 Å². The number of aliphatic carboxylic acids is 1. The van der Waals surface area contributed by atoms with Crippen LogP contribution in [-0.2, 0) is 4.79 Å². The van der Waals surface area contributed by atoms with Gasteiger partial charge in [-0.1, -0.05) is 30.9 Å². The van der Waals surface area contributed by atoms with Crippen molar-refractivity contribution in [2.75, 3.05) is 5.32 Å². The van der Waals surface area contributed by atoms with Crippen LogP contribution in [0.3, 0.4) is 0 Å². The minimum atomic E-state index is -0.825. The molecule has 0 aromatic heterocycles. The number of nitrogens with one attached hydrogen (secondary N) is 1. The minimum Gasteiger partial charge on any atom is -0.481 e. The predicted molar refractivity (Wildman–Crippen MR) is 81.7 cm³/mol. The molecule has 1 fully saturated rings. The molecule has 6 heteroatoms. The summed E-state index contributed by atoms with van der Waals surface area (Å²) in [6.07, 6.45) is 4.77. The van der Waals surface area contributed by atoms with Gasteiger partial charge in [-0.05, 0) is 31.0 Å². The molecule has 0 unspecified atom stereocenters. The summed E-state index contributed by atoms with van der Waals surface area (Å²) in [6, 6.07) is 4.78. The first-order chi connectivity index (χ1) is 9.92. The van der Waals surface area contributed by atoms with Gasteiger partial charge in [0.1, 0.15) is 0 Å². The first kappa shape index (κ1) is 15.6. The molecule has 0 atom stereocenters. The molecule has 0 spiro atoms. The molecule has 2 rings (SSSR count). The molecule has 0 saturated heterocycles. The number of carbonyl (C=O) groups is 2. The number of hydrogen-bond donors (Lipinski definition) is 3. The summed E-state index contributed by atoms with van der Waals surface area (Å²) in [5, 5.41) is 12.8. The first-order valence-corrected chi connectivity index (χ1v) is 7.39. The topological polar surface area (TPSA) is 92.4 Å². The number of halogens is 1. The lowest BCUT2D eigenvalue weighted by Gasteiger charge is -2.38. The van der Waals surface area contributed by atoms with E-state index < -0.39 is 17.4 Å². The van der Waals surface area contributed by atoms with Crippen molar-refractivity contribution in [3.8, 4) is 0 Å². The molecule has 1 aliphatic rings. The largest absolute Gasteiger partial charge is 0.481 e. The van der Waals surface area contributed by atoms with Crippen molar-refractivity contribution in [3.63, 3.8) is 0 Å². The summed E-state index contributed by atoms with van der Waals surface area (Å²) in [4.78, 5) is 22.3. The second kappa shape index (κ2) is 6.35. The summed E-state index contributed by atoms with van der Waals surface area (Å²) in [5.74, 6) is -1.37. The van der Waals surface area contributed by atoms with E-state index in [-0.39, 0.29) is 6.42 Å². The average molecular weight is 311 g/mol. The fourth-order valence-corrected chi connectivity index (χ4v) is 3.15. The van der Waals surface area contributed by atoms with Gasteiger partial charge >= 0.3 is 5.97 Å². The van der Waals surface area contributed by atoms with Gasteiger partial charge in [-0.3, -0.25) is 9.59 Å². The Morgan fingerprint density at radius 2 is 1.95 bits per heavy atom. The van der Waals surface area contributed by atoms with Crippen molar-refractivity contribution >= 4 is 29.2 Å². The van der Waals surface area contributed by atoms with Gasteiger partial charge in [0.25, 0.3) is 0 Å². The molecule has 0 bridgehead atoms. The molecule has 21 heavy (non-hydrogen) atoms. The summed E-state index contributed by atoms with van der Waals surface area (Å²) in [7, 11) is 0. The number of anilines is 1. The van der Waals surface area contributed by atoms with E-state index in [1.54, 1.807) is 12.1 Å². The van der Waals surface area contributed by atoms with E-state index in [9.17, 15) is 9.59 Å². The van der Waals surface area contributed by atoms with Crippen LogP contribution in [0.1, 0.15) is 48.9 Å². The number of benzene rings is 1. The molecule has 0 radical (unpaired) electrons. The zero-order chi connectivity index (χ0) is 15.5. The molecular formula is C15H19ClN2O3. The number of carboxylic acids is 1. The second-order valence-corrected chi connectivity index (χ2v) is 6.00. The highest BCUT2D eigenvalue weighted by Crippen LogP contribution is 2.36. The Morgan fingerprint density at radius 1 is 1.29 bits per heavy atom. The molecule has 1 saturated carbocycles. The van der Waals surface area contributed by atoms with Gasteiger partial charge in [0.05, 0.1) is 17.1 Å². The SMILES string of the molecule is NC(=O)c1ccc(NC2(CC(=O)O)CCCCC2)c(Cl)c1. The normalized spacial score (nSPS) is 17.2. The van der Waals surface area contributed by atoms with Crippen molar-refractivity contribution in [2.24, 2.45) is 5.73 Å². The molecule has 1 amide bonds. The molecule has 5 nitrogen and oxygen atoms in total. The van der Waals surface area contributed by atoms with Crippen molar-refractivity contribution in [2.45, 2.75) is 44.1 Å². The van der Waals surface area contributed by atoms with E-state index in [4.69, 9.17) is 22.4 Å². The quantitative estimate of drug-likeness (QED) is 0.779. The summed E-state index contributed by atoms with van der Waals surface area (Å²) in [5.41, 5.74) is 5.72. The van der Waals surface area contributed by atoms with Gasteiger partial charge in [0, 0.05) is 11.1 Å². The second-order valence-electron chi connectivity index (χ2n) is 5.60. The Balaban J connectivity index is 2.24. The third-order valence-electron chi connectivity index (χ3n) is 3.95. The number of hydrogen-bond acceptors (Lipinski definition) is 3. The van der Waals surface area contributed by atoms with E-state index in [1.807, 2.05) is 0 Å². The monoisotopic (exact) mass is 310 g/mol. The van der Waals surface area contributed by atoms with Crippen LogP contribution in [0.4, 0.5) is 5.69 Å². The van der Waals surface area contributed by atoms with Gasteiger partial charge in [0.15, 0.2) is 0 Å². The Morgan fingerprint density at radius 3 is 2.48 bits per heavy atom. The van der Waals surface area contributed by atoms with Gasteiger partial charge in [-0.2, -0.15) is 0 Å². The fourth-order valence-electron chi connectivity index (χ4n) is 2.92. The molecule has 1 aromatic rings. The molecule has 1 aliphatic carbocycles. The Bertz CT molecular complexity index is 554. The van der Waals surface area contributed by atoms with Crippen LogP contribution in [0, 0.1) is 0 Å². The Labute approximate surface area is 128 Å². The van der Waals surface area contributed by atoms with Gasteiger partial charge in [-0.25, -0.2) is 0 Å². The van der Waals surface area contributed by atoms with Crippen LogP contribution in [0.15, 0.2) is 18.2 Å². The molecule has 4 N–H and O–H groups in total. The van der Waals surface area contributed by atoms with E-state index >= 15 is 0 Å². The lowest BCUT2D eigenvalue weighted by Crippen LogP contribution is -2.42. The summed E-state index contributed by atoms with van der Waals surface area (Å²) >= 11 is 6.17. The van der Waals surface area contributed by atoms with E-state index in [1.165, 1.54) is 6.07 Å². The van der Waals surface area contributed by atoms with Gasteiger partial charge < -0.3 is 16.2 Å². The van der Waals surface area contributed by atoms with Crippen LogP contribution in [-0.4, -0.2) is 22.5 Å².